The summed E-state index contributed by atoms with van der Waals surface area (Å²) in [6.07, 6.45) is -3.48. The largest absolute Gasteiger partial charge is 0.497 e. The zero-order chi connectivity index (χ0) is 17.9. The van der Waals surface area contributed by atoms with Crippen molar-refractivity contribution in [2.24, 2.45) is 0 Å². The fourth-order valence-corrected chi connectivity index (χ4v) is 2.84. The first-order chi connectivity index (χ1) is 12.0. The maximum absolute atomic E-state index is 12.8. The molecule has 2 heterocycles. The molecule has 1 aliphatic rings. The topological polar surface area (TPSA) is 41.5 Å². The molecular weight excluding hydrogens is 333 g/mol. The smallest absolute Gasteiger partial charge is 0.433 e. The number of benzene rings is 1. The van der Waals surface area contributed by atoms with Gasteiger partial charge < -0.3 is 9.64 Å². The maximum atomic E-state index is 12.8. The molecule has 0 unspecified atom stereocenters. The number of nitrogens with zero attached hydrogens (tertiary/aromatic N) is 4. The molecular formula is C17H19F3N4O. The number of alkyl halides is 3. The van der Waals surface area contributed by atoms with E-state index in [2.05, 4.69) is 14.9 Å². The Hall–Kier alpha value is -2.35. The van der Waals surface area contributed by atoms with Gasteiger partial charge in [0, 0.05) is 38.8 Å². The Morgan fingerprint density at radius 2 is 1.84 bits per heavy atom. The van der Waals surface area contributed by atoms with Crippen LogP contribution in [0.2, 0.25) is 0 Å². The number of hydrogen-bond donors (Lipinski definition) is 0. The first kappa shape index (κ1) is 17.5. The fourth-order valence-electron chi connectivity index (χ4n) is 2.84. The molecule has 8 heteroatoms. The second kappa shape index (κ2) is 7.26. The molecule has 0 amide bonds. The van der Waals surface area contributed by atoms with Gasteiger partial charge in [-0.3, -0.25) is 4.90 Å². The summed E-state index contributed by atoms with van der Waals surface area (Å²) in [5, 5.41) is 0. The van der Waals surface area contributed by atoms with Crippen LogP contribution in [0.4, 0.5) is 19.0 Å². The lowest BCUT2D eigenvalue weighted by Gasteiger charge is -2.35. The van der Waals surface area contributed by atoms with Crippen LogP contribution in [0.3, 0.4) is 0 Å². The van der Waals surface area contributed by atoms with Gasteiger partial charge in [-0.1, -0.05) is 12.1 Å². The Kier molecular flexibility index (Phi) is 5.08. The average Bonchev–Trinajstić information content (AvgIpc) is 2.62. The zero-order valence-corrected chi connectivity index (χ0v) is 13.8. The molecule has 134 valence electrons. The quantitative estimate of drug-likeness (QED) is 0.846. The molecule has 25 heavy (non-hydrogen) atoms. The highest BCUT2D eigenvalue weighted by Gasteiger charge is 2.33. The van der Waals surface area contributed by atoms with E-state index in [1.165, 1.54) is 0 Å². The van der Waals surface area contributed by atoms with Crippen molar-refractivity contribution in [3.05, 3.63) is 47.9 Å². The van der Waals surface area contributed by atoms with Crippen LogP contribution >= 0.6 is 0 Å². The molecule has 5 nitrogen and oxygen atoms in total. The number of anilines is 1. The number of rotatable bonds is 4. The van der Waals surface area contributed by atoms with Crippen molar-refractivity contribution >= 4 is 5.82 Å². The monoisotopic (exact) mass is 352 g/mol. The van der Waals surface area contributed by atoms with E-state index in [1.807, 2.05) is 29.2 Å². The number of ether oxygens (including phenoxy) is 1. The van der Waals surface area contributed by atoms with Crippen LogP contribution in [0.25, 0.3) is 0 Å². The van der Waals surface area contributed by atoms with Gasteiger partial charge in [-0.25, -0.2) is 9.97 Å². The summed E-state index contributed by atoms with van der Waals surface area (Å²) in [5.74, 6) is 1.14. The molecule has 0 aliphatic carbocycles. The highest BCUT2D eigenvalue weighted by atomic mass is 19.4. The van der Waals surface area contributed by atoms with Gasteiger partial charge in [0.1, 0.15) is 23.6 Å². The van der Waals surface area contributed by atoms with Crippen LogP contribution in [0.1, 0.15) is 11.3 Å². The Morgan fingerprint density at radius 1 is 1.08 bits per heavy atom. The van der Waals surface area contributed by atoms with Gasteiger partial charge in [-0.05, 0) is 17.7 Å². The van der Waals surface area contributed by atoms with E-state index < -0.39 is 11.9 Å². The Bertz CT molecular complexity index is 715. The zero-order valence-electron chi connectivity index (χ0n) is 13.8. The second-order valence-electron chi connectivity index (χ2n) is 5.87. The number of piperazine rings is 1. The molecule has 0 atom stereocenters. The summed E-state index contributed by atoms with van der Waals surface area (Å²) in [5.41, 5.74) is 0.241. The van der Waals surface area contributed by atoms with Crippen LogP contribution in [0.15, 0.2) is 36.7 Å². The first-order valence-electron chi connectivity index (χ1n) is 7.95. The van der Waals surface area contributed by atoms with Crippen LogP contribution in [0, 0.1) is 0 Å². The summed E-state index contributed by atoms with van der Waals surface area (Å²) < 4.78 is 43.5. The molecule has 1 fully saturated rings. The molecule has 2 aromatic rings. The lowest BCUT2D eigenvalue weighted by Crippen LogP contribution is -2.46. The van der Waals surface area contributed by atoms with Crippen LogP contribution in [-0.2, 0) is 12.7 Å². The average molecular weight is 352 g/mol. The lowest BCUT2D eigenvalue weighted by molar-refractivity contribution is -0.141. The molecule has 1 aliphatic heterocycles. The van der Waals surface area contributed by atoms with Gasteiger partial charge in [0.2, 0.25) is 0 Å². The highest BCUT2D eigenvalue weighted by Crippen LogP contribution is 2.29. The van der Waals surface area contributed by atoms with Gasteiger partial charge in [-0.2, -0.15) is 13.2 Å². The van der Waals surface area contributed by atoms with E-state index in [0.29, 0.717) is 18.9 Å². The summed E-state index contributed by atoms with van der Waals surface area (Å²) in [7, 11) is 1.63. The van der Waals surface area contributed by atoms with Crippen molar-refractivity contribution in [2.75, 3.05) is 38.2 Å². The Labute approximate surface area is 144 Å². The molecule has 0 spiro atoms. The Balaban J connectivity index is 1.60. The van der Waals surface area contributed by atoms with Crippen LogP contribution in [0.5, 0.6) is 5.75 Å². The number of halogens is 3. The number of hydrogen-bond acceptors (Lipinski definition) is 5. The van der Waals surface area contributed by atoms with Gasteiger partial charge in [0.05, 0.1) is 7.11 Å². The van der Waals surface area contributed by atoms with E-state index in [4.69, 9.17) is 4.74 Å². The molecule has 0 radical (unpaired) electrons. The van der Waals surface area contributed by atoms with Crippen molar-refractivity contribution in [3.63, 3.8) is 0 Å². The van der Waals surface area contributed by atoms with E-state index >= 15 is 0 Å². The maximum Gasteiger partial charge on any atom is 0.433 e. The van der Waals surface area contributed by atoms with E-state index in [1.54, 1.807) is 7.11 Å². The van der Waals surface area contributed by atoms with Gasteiger partial charge >= 0.3 is 6.18 Å². The van der Waals surface area contributed by atoms with Crippen LogP contribution < -0.4 is 9.64 Å². The third kappa shape index (κ3) is 4.39. The van der Waals surface area contributed by atoms with Crippen molar-refractivity contribution < 1.29 is 17.9 Å². The van der Waals surface area contributed by atoms with Gasteiger partial charge in [-0.15, -0.1) is 0 Å². The molecule has 1 saturated heterocycles. The lowest BCUT2D eigenvalue weighted by atomic mass is 10.2. The third-order valence-corrected chi connectivity index (χ3v) is 4.18. The summed E-state index contributed by atoms with van der Waals surface area (Å²) >= 11 is 0. The van der Waals surface area contributed by atoms with Gasteiger partial charge in [0.15, 0.2) is 0 Å². The predicted octanol–water partition coefficient (Wildman–Crippen LogP) is 2.83. The van der Waals surface area contributed by atoms with E-state index in [0.717, 1.165) is 43.3 Å². The Morgan fingerprint density at radius 3 is 2.52 bits per heavy atom. The highest BCUT2D eigenvalue weighted by molar-refractivity contribution is 5.40. The summed E-state index contributed by atoms with van der Waals surface area (Å²) in [4.78, 5) is 11.4. The summed E-state index contributed by atoms with van der Waals surface area (Å²) in [6, 6.07) is 8.89. The van der Waals surface area contributed by atoms with E-state index in [-0.39, 0.29) is 0 Å². The van der Waals surface area contributed by atoms with Crippen molar-refractivity contribution in [2.45, 2.75) is 12.7 Å². The van der Waals surface area contributed by atoms with E-state index in [9.17, 15) is 13.2 Å². The SMILES string of the molecule is COc1cccc(CN2CCN(c3cc(C(F)(F)F)ncn3)CC2)c1. The third-order valence-electron chi connectivity index (χ3n) is 4.18. The molecule has 1 aromatic heterocycles. The standard InChI is InChI=1S/C17H19F3N4O/c1-25-14-4-2-3-13(9-14)11-23-5-7-24(8-6-23)16-10-15(17(18,19)20)21-12-22-16/h2-4,9-10,12H,5-8,11H2,1H3. The van der Waals surface area contributed by atoms with Crippen molar-refractivity contribution in [3.8, 4) is 5.75 Å². The molecule has 3 rings (SSSR count). The molecule has 0 N–H and O–H groups in total. The normalized spacial score (nSPS) is 16.1. The first-order valence-corrected chi connectivity index (χ1v) is 7.95. The molecule has 1 aromatic carbocycles. The minimum Gasteiger partial charge on any atom is -0.497 e. The molecule has 0 bridgehead atoms. The summed E-state index contributed by atoms with van der Waals surface area (Å²) in [6.45, 7) is 3.53. The van der Waals surface area contributed by atoms with Gasteiger partial charge in [0.25, 0.3) is 0 Å². The minimum atomic E-state index is -4.45. The predicted molar refractivity (Wildman–Crippen MR) is 87.5 cm³/mol. The van der Waals surface area contributed by atoms with Crippen LogP contribution in [-0.4, -0.2) is 48.2 Å². The van der Waals surface area contributed by atoms with Crippen molar-refractivity contribution in [1.29, 1.82) is 0 Å². The minimum absolute atomic E-state index is 0.323. The second-order valence-corrected chi connectivity index (χ2v) is 5.87. The fraction of sp³-hybridized carbons (Fsp3) is 0.412. The number of aromatic nitrogens is 2. The van der Waals surface area contributed by atoms with Crippen molar-refractivity contribution in [1.82, 2.24) is 14.9 Å². The molecule has 0 saturated carbocycles. The number of methoxy groups -OCH3 is 1.